The molecule has 1 saturated heterocycles. The number of hydroxylamine groups is 2. The fourth-order valence-corrected chi connectivity index (χ4v) is 3.38. The number of hydrogen-bond acceptors (Lipinski definition) is 6. The second-order valence-corrected chi connectivity index (χ2v) is 10.3. The van der Waals surface area contributed by atoms with Crippen LogP contribution >= 0.6 is 7.82 Å². The molecule has 0 radical (unpaired) electrons. The fraction of sp³-hybridized carbons (Fsp3) is 1.00. The van der Waals surface area contributed by atoms with Gasteiger partial charge < -0.3 is 10.00 Å². The molecule has 168 valence electrons. The van der Waals surface area contributed by atoms with E-state index >= 15 is 0 Å². The van der Waals surface area contributed by atoms with Crippen LogP contribution in [0.5, 0.6) is 0 Å². The predicted octanol–water partition coefficient (Wildman–Crippen LogP) is 4.88. The minimum atomic E-state index is -4.12. The number of phosphoric acid groups is 1. The summed E-state index contributed by atoms with van der Waals surface area (Å²) in [5.41, 5.74) is -1.04. The van der Waals surface area contributed by atoms with Crippen molar-refractivity contribution in [3.63, 3.8) is 0 Å². The maximum absolute atomic E-state index is 12.0. The highest BCUT2D eigenvalue weighted by molar-refractivity contribution is 7.47. The maximum atomic E-state index is 12.0. The molecule has 0 spiro atoms. The van der Waals surface area contributed by atoms with Crippen LogP contribution in [-0.4, -0.2) is 53.6 Å². The zero-order chi connectivity index (χ0) is 18.6. The third-order valence-corrected chi connectivity index (χ3v) is 4.63. The number of aliphatic hydroxyl groups excluding tert-OH is 1. The van der Waals surface area contributed by atoms with Crippen LogP contribution in [0.2, 0.25) is 0 Å². The van der Waals surface area contributed by atoms with Crippen molar-refractivity contribution in [2.75, 3.05) is 32.9 Å². The van der Waals surface area contributed by atoms with Gasteiger partial charge in [0.05, 0.1) is 25.4 Å². The molecule has 0 saturated carbocycles. The Labute approximate surface area is 168 Å². The number of hydrogen-bond donors (Lipinski definition) is 2. The van der Waals surface area contributed by atoms with E-state index in [1.165, 1.54) is 0 Å². The van der Waals surface area contributed by atoms with E-state index in [9.17, 15) is 14.6 Å². The zero-order valence-corrected chi connectivity index (χ0v) is 16.8. The highest BCUT2D eigenvalue weighted by Gasteiger charge is 2.38. The molecular formula is C19H46NO6P. The molecule has 27 heavy (non-hydrogen) atoms. The topological polar surface area (TPSA) is 88.5 Å². The lowest BCUT2D eigenvalue weighted by Gasteiger charge is -2.41. The van der Waals surface area contributed by atoms with Gasteiger partial charge >= 0.3 is 7.82 Å². The van der Waals surface area contributed by atoms with Gasteiger partial charge in [0.25, 0.3) is 0 Å². The first-order chi connectivity index (χ1) is 10.8. The minimum absolute atomic E-state index is 0. The van der Waals surface area contributed by atoms with Gasteiger partial charge in [0, 0.05) is 18.5 Å². The molecule has 0 amide bonds. The Morgan fingerprint density at radius 2 is 1.48 bits per heavy atom. The van der Waals surface area contributed by atoms with Crippen molar-refractivity contribution in [1.82, 2.24) is 5.06 Å². The summed E-state index contributed by atoms with van der Waals surface area (Å²) in [6.07, 6.45) is 1.25. The molecule has 1 aliphatic rings. The van der Waals surface area contributed by atoms with Gasteiger partial charge in [-0.25, -0.2) is 4.57 Å². The summed E-state index contributed by atoms with van der Waals surface area (Å²) in [5.74, 6) is 0. The molecule has 1 rings (SSSR count). The zero-order valence-electron chi connectivity index (χ0n) is 15.9. The molecular weight excluding hydrogens is 369 g/mol. The molecule has 1 fully saturated rings. The number of aliphatic hydroxyl groups is 1. The van der Waals surface area contributed by atoms with Crippen LogP contribution in [0.15, 0.2) is 0 Å². The van der Waals surface area contributed by atoms with Gasteiger partial charge in [0.15, 0.2) is 0 Å². The van der Waals surface area contributed by atoms with Crippen LogP contribution in [0.4, 0.5) is 0 Å². The van der Waals surface area contributed by atoms with Crippen LogP contribution < -0.4 is 0 Å². The Hall–Kier alpha value is -0.0100. The van der Waals surface area contributed by atoms with E-state index in [2.05, 4.69) is 0 Å². The average molecular weight is 416 g/mol. The number of nitrogens with zero attached hydrogens (tertiary/aromatic N) is 1. The fourth-order valence-electron chi connectivity index (χ4n) is 2.32. The molecule has 0 bridgehead atoms. The van der Waals surface area contributed by atoms with Crippen molar-refractivity contribution < 1.29 is 28.5 Å². The van der Waals surface area contributed by atoms with Crippen LogP contribution in [0, 0.1) is 10.8 Å². The van der Waals surface area contributed by atoms with E-state index in [0.29, 0.717) is 25.9 Å². The molecule has 0 aromatic heterocycles. The summed E-state index contributed by atoms with van der Waals surface area (Å²) in [4.78, 5) is 15.6. The number of piperidine rings is 1. The van der Waals surface area contributed by atoms with Crippen LogP contribution in [0.1, 0.15) is 76.7 Å². The van der Waals surface area contributed by atoms with Crippen LogP contribution in [0.25, 0.3) is 0 Å². The van der Waals surface area contributed by atoms with Crippen LogP contribution in [0.3, 0.4) is 0 Å². The molecule has 2 N–H and O–H groups in total. The van der Waals surface area contributed by atoms with Crippen molar-refractivity contribution >= 4 is 7.82 Å². The van der Waals surface area contributed by atoms with Gasteiger partial charge in [-0.15, -0.1) is 0 Å². The van der Waals surface area contributed by atoms with E-state index in [1.807, 2.05) is 46.6 Å². The standard InChI is InChI=1S/C16H34NO6P.3CH4/c1-14(2,3)12-21-24(19,20)22-13-16(11-18)7-9-17(10-8-16)23-15(4,5)6;;;/h18H,7-13H2,1-6H3,(H,19,20);3*1H4. The quantitative estimate of drug-likeness (QED) is 0.573. The van der Waals surface area contributed by atoms with Crippen molar-refractivity contribution in [3.05, 3.63) is 0 Å². The smallest absolute Gasteiger partial charge is 0.396 e. The first-order valence-electron chi connectivity index (χ1n) is 8.43. The molecule has 1 unspecified atom stereocenters. The van der Waals surface area contributed by atoms with Gasteiger partial charge in [0.2, 0.25) is 0 Å². The monoisotopic (exact) mass is 415 g/mol. The van der Waals surface area contributed by atoms with E-state index in [1.54, 1.807) is 0 Å². The first kappa shape index (κ1) is 31.7. The Morgan fingerprint density at radius 3 is 1.85 bits per heavy atom. The molecule has 1 atom stereocenters. The largest absolute Gasteiger partial charge is 0.472 e. The lowest BCUT2D eigenvalue weighted by molar-refractivity contribution is -0.247. The molecule has 1 aliphatic heterocycles. The molecule has 7 nitrogen and oxygen atoms in total. The van der Waals surface area contributed by atoms with Crippen molar-refractivity contribution in [2.45, 2.75) is 82.3 Å². The molecule has 8 heteroatoms. The number of rotatable bonds is 7. The molecule has 1 heterocycles. The highest BCUT2D eigenvalue weighted by atomic mass is 31.2. The molecule has 0 aromatic carbocycles. The van der Waals surface area contributed by atoms with Crippen molar-refractivity contribution in [2.24, 2.45) is 10.8 Å². The van der Waals surface area contributed by atoms with Gasteiger partial charge in [-0.2, -0.15) is 5.06 Å². The Balaban J connectivity index is -0.00000192. The summed E-state index contributed by atoms with van der Waals surface area (Å²) >= 11 is 0. The Morgan fingerprint density at radius 1 is 1.00 bits per heavy atom. The van der Waals surface area contributed by atoms with E-state index in [-0.39, 0.29) is 53.1 Å². The summed E-state index contributed by atoms with van der Waals surface area (Å²) in [5, 5.41) is 11.6. The summed E-state index contributed by atoms with van der Waals surface area (Å²) in [6.45, 7) is 13.0. The van der Waals surface area contributed by atoms with Crippen molar-refractivity contribution in [1.29, 1.82) is 0 Å². The average Bonchev–Trinajstić information content (AvgIpc) is 2.43. The Kier molecular flexibility index (Phi) is 13.9. The lowest BCUT2D eigenvalue weighted by Crippen LogP contribution is -2.46. The van der Waals surface area contributed by atoms with E-state index < -0.39 is 13.2 Å². The SMILES string of the molecule is C.C.C.CC(C)(C)COP(=O)(O)OCC1(CO)CCN(OC(C)(C)C)CC1. The van der Waals surface area contributed by atoms with Gasteiger partial charge in [-0.05, 0) is 39.0 Å². The van der Waals surface area contributed by atoms with Gasteiger partial charge in [0.1, 0.15) is 0 Å². The third-order valence-electron chi connectivity index (χ3n) is 3.72. The van der Waals surface area contributed by atoms with Crippen LogP contribution in [-0.2, 0) is 18.5 Å². The normalized spacial score (nSPS) is 19.9. The Bertz CT molecular complexity index is 436. The maximum Gasteiger partial charge on any atom is 0.472 e. The van der Waals surface area contributed by atoms with E-state index in [0.717, 1.165) is 0 Å². The van der Waals surface area contributed by atoms with E-state index in [4.69, 9.17) is 13.9 Å². The minimum Gasteiger partial charge on any atom is -0.396 e. The van der Waals surface area contributed by atoms with Gasteiger partial charge in [-0.3, -0.25) is 13.9 Å². The number of phosphoric ester groups is 1. The predicted molar refractivity (Wildman–Crippen MR) is 113 cm³/mol. The molecule has 0 aromatic rings. The summed E-state index contributed by atoms with van der Waals surface area (Å²) in [7, 11) is -4.12. The second kappa shape index (κ2) is 11.9. The van der Waals surface area contributed by atoms with Gasteiger partial charge in [-0.1, -0.05) is 43.1 Å². The van der Waals surface area contributed by atoms with Crippen molar-refractivity contribution in [3.8, 4) is 0 Å². The first-order valence-corrected chi connectivity index (χ1v) is 9.92. The third kappa shape index (κ3) is 12.9. The summed E-state index contributed by atoms with van der Waals surface area (Å²) < 4.78 is 22.2. The molecule has 0 aliphatic carbocycles. The highest BCUT2D eigenvalue weighted by Crippen LogP contribution is 2.47. The lowest BCUT2D eigenvalue weighted by atomic mass is 9.80. The summed E-state index contributed by atoms with van der Waals surface area (Å²) in [6, 6.07) is 0. The second-order valence-electron chi connectivity index (χ2n) is 8.87.